The largest absolute Gasteiger partial charge is 0.357 e. The van der Waals surface area contributed by atoms with E-state index in [1.807, 2.05) is 12.1 Å². The highest BCUT2D eigenvalue weighted by molar-refractivity contribution is 14.0. The van der Waals surface area contributed by atoms with Gasteiger partial charge in [-0.2, -0.15) is 4.37 Å². The maximum atomic E-state index is 11.6. The van der Waals surface area contributed by atoms with Crippen LogP contribution in [0.1, 0.15) is 25.2 Å². The number of hydrogen-bond donors (Lipinski definition) is 1. The maximum absolute atomic E-state index is 11.6. The molecule has 1 aromatic heterocycles. The van der Waals surface area contributed by atoms with E-state index in [1.165, 1.54) is 17.8 Å². The minimum atomic E-state index is -3.17. The fraction of sp³-hybridized carbons (Fsp3) is 0.526. The Morgan fingerprint density at radius 3 is 2.37 bits per heavy atom. The van der Waals surface area contributed by atoms with Crippen molar-refractivity contribution in [3.8, 4) is 0 Å². The van der Waals surface area contributed by atoms with Crippen LogP contribution < -0.4 is 10.2 Å². The van der Waals surface area contributed by atoms with Crippen LogP contribution in [0.2, 0.25) is 0 Å². The molecule has 0 radical (unpaired) electrons. The second-order valence-corrected chi connectivity index (χ2v) is 9.65. The monoisotopic (exact) mass is 564 g/mol. The van der Waals surface area contributed by atoms with Gasteiger partial charge in [-0.25, -0.2) is 18.4 Å². The molecular formula is C19H29IN6O2S2. The molecular weight excluding hydrogens is 535 g/mol. The number of guanidine groups is 1. The standard InChI is InChI=1S/C19H28N6O2S2.HI/c1-4-17-22-19(28-23-17)25-12-10-24(11-13-25)18(20-5-2)21-14-15-6-8-16(9-7-15)29(3,26)27;/h6-9H,4-5,10-14H2,1-3H3,(H,20,21);1H. The highest BCUT2D eigenvalue weighted by Gasteiger charge is 2.22. The van der Waals surface area contributed by atoms with Crippen LogP contribution in [0.4, 0.5) is 5.13 Å². The number of hydrogen-bond acceptors (Lipinski definition) is 7. The lowest BCUT2D eigenvalue weighted by Crippen LogP contribution is -2.52. The molecule has 1 saturated heterocycles. The van der Waals surface area contributed by atoms with E-state index in [9.17, 15) is 8.42 Å². The van der Waals surface area contributed by atoms with Crippen molar-refractivity contribution in [2.45, 2.75) is 31.7 Å². The van der Waals surface area contributed by atoms with E-state index >= 15 is 0 Å². The number of halogens is 1. The summed E-state index contributed by atoms with van der Waals surface area (Å²) in [6.45, 7) is 8.90. The topological polar surface area (TPSA) is 90.8 Å². The van der Waals surface area contributed by atoms with Gasteiger partial charge in [0.25, 0.3) is 0 Å². The Bertz CT molecular complexity index is 938. The second kappa shape index (κ2) is 11.2. The van der Waals surface area contributed by atoms with Gasteiger partial charge in [0, 0.05) is 56.9 Å². The Labute approximate surface area is 199 Å². The van der Waals surface area contributed by atoms with E-state index in [0.717, 1.165) is 61.6 Å². The molecule has 11 heteroatoms. The van der Waals surface area contributed by atoms with Crippen LogP contribution in [0.5, 0.6) is 0 Å². The summed E-state index contributed by atoms with van der Waals surface area (Å²) in [6, 6.07) is 6.92. The zero-order valence-electron chi connectivity index (χ0n) is 17.5. The third-order valence-electron chi connectivity index (χ3n) is 4.72. The Hall–Kier alpha value is -1.47. The smallest absolute Gasteiger partial charge is 0.205 e. The third-order valence-corrected chi connectivity index (χ3v) is 6.66. The van der Waals surface area contributed by atoms with Crippen molar-refractivity contribution in [2.75, 3.05) is 43.9 Å². The number of benzene rings is 1. The maximum Gasteiger partial charge on any atom is 0.205 e. The van der Waals surface area contributed by atoms with E-state index in [-0.39, 0.29) is 24.0 Å². The first-order valence-corrected chi connectivity index (χ1v) is 12.5. The minimum absolute atomic E-state index is 0. The molecule has 0 amide bonds. The van der Waals surface area contributed by atoms with Gasteiger partial charge in [0.2, 0.25) is 5.13 Å². The van der Waals surface area contributed by atoms with Crippen molar-refractivity contribution in [3.63, 3.8) is 0 Å². The molecule has 2 aromatic rings. The van der Waals surface area contributed by atoms with E-state index < -0.39 is 9.84 Å². The lowest BCUT2D eigenvalue weighted by atomic mass is 10.2. The van der Waals surface area contributed by atoms with Gasteiger partial charge in [0.15, 0.2) is 15.8 Å². The number of aryl methyl sites for hydroxylation is 1. The molecule has 1 fully saturated rings. The molecule has 0 saturated carbocycles. The molecule has 0 aliphatic carbocycles. The number of rotatable bonds is 6. The second-order valence-electron chi connectivity index (χ2n) is 6.91. The van der Waals surface area contributed by atoms with Crippen LogP contribution in [0.3, 0.4) is 0 Å². The number of sulfone groups is 1. The zero-order chi connectivity index (χ0) is 20.9. The highest BCUT2D eigenvalue weighted by Crippen LogP contribution is 2.19. The van der Waals surface area contributed by atoms with Gasteiger partial charge < -0.3 is 15.1 Å². The van der Waals surface area contributed by atoms with Crippen molar-refractivity contribution in [1.82, 2.24) is 19.6 Å². The third kappa shape index (κ3) is 6.51. The molecule has 1 aromatic carbocycles. The van der Waals surface area contributed by atoms with E-state index in [2.05, 4.69) is 38.3 Å². The first kappa shape index (κ1) is 24.8. The van der Waals surface area contributed by atoms with Gasteiger partial charge >= 0.3 is 0 Å². The lowest BCUT2D eigenvalue weighted by Gasteiger charge is -2.36. The molecule has 8 nitrogen and oxygen atoms in total. The summed E-state index contributed by atoms with van der Waals surface area (Å²) in [5.41, 5.74) is 0.979. The molecule has 0 bridgehead atoms. The number of nitrogens with one attached hydrogen (secondary N) is 1. The Kier molecular flexibility index (Phi) is 9.29. The molecule has 0 unspecified atom stereocenters. The van der Waals surface area contributed by atoms with Gasteiger partial charge in [-0.3, -0.25) is 0 Å². The van der Waals surface area contributed by atoms with Crippen LogP contribution in [-0.2, 0) is 22.8 Å². The summed E-state index contributed by atoms with van der Waals surface area (Å²) in [4.78, 5) is 14.2. The van der Waals surface area contributed by atoms with Gasteiger partial charge in [0.05, 0.1) is 11.4 Å². The first-order valence-electron chi connectivity index (χ1n) is 9.80. The predicted octanol–water partition coefficient (Wildman–Crippen LogP) is 2.41. The molecule has 1 aliphatic heterocycles. The number of nitrogens with zero attached hydrogens (tertiary/aromatic N) is 5. The molecule has 0 spiro atoms. The number of anilines is 1. The minimum Gasteiger partial charge on any atom is -0.357 e. The Morgan fingerprint density at radius 1 is 1.17 bits per heavy atom. The van der Waals surface area contributed by atoms with E-state index in [1.54, 1.807) is 12.1 Å². The summed E-state index contributed by atoms with van der Waals surface area (Å²) >= 11 is 1.47. The highest BCUT2D eigenvalue weighted by atomic mass is 127. The molecule has 1 N–H and O–H groups in total. The van der Waals surface area contributed by atoms with Crippen molar-refractivity contribution < 1.29 is 8.42 Å². The van der Waals surface area contributed by atoms with Crippen LogP contribution >= 0.6 is 35.5 Å². The zero-order valence-corrected chi connectivity index (χ0v) is 21.5. The van der Waals surface area contributed by atoms with Gasteiger partial charge in [-0.15, -0.1) is 24.0 Å². The fourth-order valence-corrected chi connectivity index (χ4v) is 4.49. The normalized spacial score (nSPS) is 15.1. The predicted molar refractivity (Wildman–Crippen MR) is 133 cm³/mol. The fourth-order valence-electron chi connectivity index (χ4n) is 3.06. The number of aromatic nitrogens is 2. The summed E-state index contributed by atoms with van der Waals surface area (Å²) in [5, 5.41) is 4.36. The van der Waals surface area contributed by atoms with Gasteiger partial charge in [0.1, 0.15) is 5.82 Å². The molecule has 0 atom stereocenters. The van der Waals surface area contributed by atoms with Crippen LogP contribution in [0.15, 0.2) is 34.2 Å². The van der Waals surface area contributed by atoms with E-state index in [0.29, 0.717) is 11.4 Å². The van der Waals surface area contributed by atoms with Crippen LogP contribution in [0, 0.1) is 0 Å². The van der Waals surface area contributed by atoms with Crippen molar-refractivity contribution >= 4 is 56.4 Å². The summed E-state index contributed by atoms with van der Waals surface area (Å²) in [7, 11) is -3.17. The Morgan fingerprint density at radius 2 is 1.83 bits per heavy atom. The average molecular weight is 565 g/mol. The lowest BCUT2D eigenvalue weighted by molar-refractivity contribution is 0.372. The molecule has 166 valence electrons. The van der Waals surface area contributed by atoms with E-state index in [4.69, 9.17) is 4.99 Å². The molecule has 1 aliphatic rings. The summed E-state index contributed by atoms with van der Waals surface area (Å²) < 4.78 is 27.6. The van der Waals surface area contributed by atoms with Crippen LogP contribution in [-0.4, -0.2) is 67.6 Å². The number of piperazine rings is 1. The quantitative estimate of drug-likeness (QED) is 0.328. The van der Waals surface area contributed by atoms with Crippen molar-refractivity contribution in [1.29, 1.82) is 0 Å². The van der Waals surface area contributed by atoms with Crippen molar-refractivity contribution in [2.24, 2.45) is 4.99 Å². The summed E-state index contributed by atoms with van der Waals surface area (Å²) in [5.74, 6) is 1.79. The Balaban J connectivity index is 0.00000320. The van der Waals surface area contributed by atoms with Crippen LogP contribution in [0.25, 0.3) is 0 Å². The molecule has 3 rings (SSSR count). The van der Waals surface area contributed by atoms with Gasteiger partial charge in [-0.1, -0.05) is 19.1 Å². The SMILES string of the molecule is CCNC(=NCc1ccc(S(C)(=O)=O)cc1)N1CCN(c2nc(CC)ns2)CC1.I. The average Bonchev–Trinajstić information content (AvgIpc) is 3.20. The summed E-state index contributed by atoms with van der Waals surface area (Å²) in [6.07, 6.45) is 2.08. The van der Waals surface area contributed by atoms with Crippen molar-refractivity contribution in [3.05, 3.63) is 35.7 Å². The first-order chi connectivity index (χ1) is 13.9. The van der Waals surface area contributed by atoms with Gasteiger partial charge in [-0.05, 0) is 24.6 Å². The number of aliphatic imine (C=N–C) groups is 1. The molecule has 30 heavy (non-hydrogen) atoms. The molecule has 2 heterocycles.